The highest BCUT2D eigenvalue weighted by Gasteiger charge is 2.19. The summed E-state index contributed by atoms with van der Waals surface area (Å²) in [6.07, 6.45) is 0. The molecular formula is C15H24N2. The number of hydrogen-bond donors (Lipinski definition) is 0. The second kappa shape index (κ2) is 5.09. The van der Waals surface area contributed by atoms with Crippen LogP contribution in [0.1, 0.15) is 25.0 Å². The van der Waals surface area contributed by atoms with E-state index in [0.717, 1.165) is 13.1 Å². The van der Waals surface area contributed by atoms with E-state index in [4.69, 9.17) is 0 Å². The molecule has 0 bridgehead atoms. The first-order chi connectivity index (χ1) is 8.09. The Morgan fingerprint density at radius 3 is 2.24 bits per heavy atom. The molecule has 94 valence electrons. The highest BCUT2D eigenvalue weighted by Crippen LogP contribution is 2.24. The number of hydrogen-bond acceptors (Lipinski definition) is 2. The lowest BCUT2D eigenvalue weighted by atomic mass is 10.1. The van der Waals surface area contributed by atoms with Crippen LogP contribution in [-0.4, -0.2) is 37.1 Å². The lowest BCUT2D eigenvalue weighted by Gasteiger charge is -2.38. The lowest BCUT2D eigenvalue weighted by Crippen LogP contribution is -2.49. The van der Waals surface area contributed by atoms with Crippen LogP contribution in [0.5, 0.6) is 0 Å². The largest absolute Gasteiger partial charge is 0.369 e. The van der Waals surface area contributed by atoms with E-state index in [0.29, 0.717) is 6.04 Å². The molecule has 1 aromatic rings. The first-order valence-electron chi connectivity index (χ1n) is 6.65. The van der Waals surface area contributed by atoms with Gasteiger partial charge in [0.15, 0.2) is 0 Å². The SMILES string of the molecule is Cc1cccc(N2CCN(C(C)C)CC2)c1C. The quantitative estimate of drug-likeness (QED) is 0.773. The molecule has 1 saturated heterocycles. The van der Waals surface area contributed by atoms with Crippen molar-refractivity contribution in [3.63, 3.8) is 0 Å². The number of nitrogens with zero attached hydrogens (tertiary/aromatic N) is 2. The third-order valence-corrected chi connectivity index (χ3v) is 3.96. The van der Waals surface area contributed by atoms with Crippen LogP contribution in [0.2, 0.25) is 0 Å². The average molecular weight is 232 g/mol. The van der Waals surface area contributed by atoms with Crippen LogP contribution in [0.3, 0.4) is 0 Å². The predicted octanol–water partition coefficient (Wildman–Crippen LogP) is 2.83. The van der Waals surface area contributed by atoms with Crippen LogP contribution >= 0.6 is 0 Å². The van der Waals surface area contributed by atoms with Crippen LogP contribution in [0.4, 0.5) is 5.69 Å². The summed E-state index contributed by atoms with van der Waals surface area (Å²) in [5.41, 5.74) is 4.26. The first-order valence-corrected chi connectivity index (χ1v) is 6.65. The highest BCUT2D eigenvalue weighted by atomic mass is 15.3. The van der Waals surface area contributed by atoms with Crippen LogP contribution < -0.4 is 4.90 Å². The first kappa shape index (κ1) is 12.4. The Bertz CT molecular complexity index is 377. The minimum absolute atomic E-state index is 0.677. The molecule has 0 amide bonds. The van der Waals surface area contributed by atoms with Crippen LogP contribution in [0.25, 0.3) is 0 Å². The molecule has 17 heavy (non-hydrogen) atoms. The normalized spacial score (nSPS) is 17.8. The summed E-state index contributed by atoms with van der Waals surface area (Å²) in [5.74, 6) is 0. The van der Waals surface area contributed by atoms with Crippen molar-refractivity contribution in [1.29, 1.82) is 0 Å². The van der Waals surface area contributed by atoms with E-state index in [1.165, 1.54) is 29.9 Å². The summed E-state index contributed by atoms with van der Waals surface area (Å²) in [5, 5.41) is 0. The van der Waals surface area contributed by atoms with Gasteiger partial charge in [-0.05, 0) is 44.9 Å². The lowest BCUT2D eigenvalue weighted by molar-refractivity contribution is 0.209. The minimum Gasteiger partial charge on any atom is -0.369 e. The van der Waals surface area contributed by atoms with Gasteiger partial charge in [0, 0.05) is 37.9 Å². The summed E-state index contributed by atoms with van der Waals surface area (Å²) in [4.78, 5) is 5.09. The van der Waals surface area contributed by atoms with Crippen molar-refractivity contribution in [1.82, 2.24) is 4.90 Å². The van der Waals surface area contributed by atoms with Crippen LogP contribution in [0.15, 0.2) is 18.2 Å². The molecule has 0 saturated carbocycles. The Kier molecular flexibility index (Phi) is 3.72. The average Bonchev–Trinajstić information content (AvgIpc) is 2.33. The number of benzene rings is 1. The fourth-order valence-electron chi connectivity index (χ4n) is 2.56. The van der Waals surface area contributed by atoms with Gasteiger partial charge in [-0.25, -0.2) is 0 Å². The van der Waals surface area contributed by atoms with E-state index >= 15 is 0 Å². The number of aryl methyl sites for hydroxylation is 1. The third-order valence-electron chi connectivity index (χ3n) is 3.96. The third kappa shape index (κ3) is 2.63. The molecule has 2 rings (SSSR count). The molecule has 0 aliphatic carbocycles. The zero-order chi connectivity index (χ0) is 12.4. The van der Waals surface area contributed by atoms with Gasteiger partial charge in [-0.2, -0.15) is 0 Å². The second-order valence-electron chi connectivity index (χ2n) is 5.34. The van der Waals surface area contributed by atoms with Crippen LogP contribution in [-0.2, 0) is 0 Å². The van der Waals surface area contributed by atoms with E-state index in [1.54, 1.807) is 0 Å². The molecule has 0 spiro atoms. The predicted molar refractivity (Wildman–Crippen MR) is 74.8 cm³/mol. The molecule has 1 aliphatic heterocycles. The van der Waals surface area contributed by atoms with Crippen molar-refractivity contribution in [2.45, 2.75) is 33.7 Å². The number of rotatable bonds is 2. The van der Waals surface area contributed by atoms with E-state index in [2.05, 4.69) is 55.7 Å². The minimum atomic E-state index is 0.677. The van der Waals surface area contributed by atoms with Crippen molar-refractivity contribution >= 4 is 5.69 Å². The van der Waals surface area contributed by atoms with Gasteiger partial charge in [0.1, 0.15) is 0 Å². The summed E-state index contributed by atoms with van der Waals surface area (Å²) in [6, 6.07) is 7.30. The van der Waals surface area contributed by atoms with Gasteiger partial charge in [0.25, 0.3) is 0 Å². The summed E-state index contributed by atoms with van der Waals surface area (Å²) in [6.45, 7) is 13.7. The smallest absolute Gasteiger partial charge is 0.0399 e. The zero-order valence-corrected chi connectivity index (χ0v) is 11.5. The highest BCUT2D eigenvalue weighted by molar-refractivity contribution is 5.56. The number of anilines is 1. The van der Waals surface area contributed by atoms with Gasteiger partial charge in [0.05, 0.1) is 0 Å². The van der Waals surface area contributed by atoms with Gasteiger partial charge >= 0.3 is 0 Å². The Balaban J connectivity index is 2.08. The maximum atomic E-state index is 2.56. The van der Waals surface area contributed by atoms with Crippen molar-refractivity contribution in [3.05, 3.63) is 29.3 Å². The van der Waals surface area contributed by atoms with Gasteiger partial charge in [0.2, 0.25) is 0 Å². The van der Waals surface area contributed by atoms with E-state index in [9.17, 15) is 0 Å². The van der Waals surface area contributed by atoms with E-state index in [1.807, 2.05) is 0 Å². The van der Waals surface area contributed by atoms with Gasteiger partial charge in [-0.3, -0.25) is 4.90 Å². The maximum absolute atomic E-state index is 2.56. The number of piperazine rings is 1. The fourth-order valence-corrected chi connectivity index (χ4v) is 2.56. The summed E-state index contributed by atoms with van der Waals surface area (Å²) in [7, 11) is 0. The second-order valence-corrected chi connectivity index (χ2v) is 5.34. The van der Waals surface area contributed by atoms with Crippen LogP contribution in [0, 0.1) is 13.8 Å². The van der Waals surface area contributed by atoms with E-state index in [-0.39, 0.29) is 0 Å². The molecule has 1 aromatic carbocycles. The molecule has 0 aromatic heterocycles. The molecule has 1 aliphatic rings. The maximum Gasteiger partial charge on any atom is 0.0399 e. The Morgan fingerprint density at radius 1 is 1.00 bits per heavy atom. The molecular weight excluding hydrogens is 208 g/mol. The fraction of sp³-hybridized carbons (Fsp3) is 0.600. The molecule has 0 radical (unpaired) electrons. The van der Waals surface area contributed by atoms with Crippen molar-refractivity contribution in [2.24, 2.45) is 0 Å². The summed E-state index contributed by atoms with van der Waals surface area (Å²) < 4.78 is 0. The monoisotopic (exact) mass is 232 g/mol. The zero-order valence-electron chi connectivity index (χ0n) is 11.5. The van der Waals surface area contributed by atoms with Crippen molar-refractivity contribution in [2.75, 3.05) is 31.1 Å². The molecule has 2 nitrogen and oxygen atoms in total. The topological polar surface area (TPSA) is 6.48 Å². The van der Waals surface area contributed by atoms with Gasteiger partial charge in [-0.15, -0.1) is 0 Å². The van der Waals surface area contributed by atoms with Crippen molar-refractivity contribution < 1.29 is 0 Å². The molecule has 2 heteroatoms. The Morgan fingerprint density at radius 2 is 1.65 bits per heavy atom. The molecule has 1 fully saturated rings. The van der Waals surface area contributed by atoms with E-state index < -0.39 is 0 Å². The molecule has 0 unspecified atom stereocenters. The van der Waals surface area contributed by atoms with Gasteiger partial charge < -0.3 is 4.90 Å². The molecule has 1 heterocycles. The Hall–Kier alpha value is -1.02. The summed E-state index contributed by atoms with van der Waals surface area (Å²) >= 11 is 0. The van der Waals surface area contributed by atoms with Crippen molar-refractivity contribution in [3.8, 4) is 0 Å². The standard InChI is InChI=1S/C15H24N2/c1-12(2)16-8-10-17(11-9-16)15-7-5-6-13(3)14(15)4/h5-7,12H,8-11H2,1-4H3. The van der Waals surface area contributed by atoms with Gasteiger partial charge in [-0.1, -0.05) is 12.1 Å². The molecule has 0 atom stereocenters. The Labute approximate surface area is 105 Å². The molecule has 0 N–H and O–H groups in total.